The van der Waals surface area contributed by atoms with Gasteiger partial charge in [0.25, 0.3) is 0 Å². The second kappa shape index (κ2) is 9.19. The number of nitrogens with zero attached hydrogens (tertiary/aromatic N) is 4. The number of ether oxygens (including phenoxy) is 2. The van der Waals surface area contributed by atoms with Crippen molar-refractivity contribution in [3.05, 3.63) is 40.2 Å². The van der Waals surface area contributed by atoms with Gasteiger partial charge in [-0.15, -0.1) is 0 Å². The van der Waals surface area contributed by atoms with E-state index in [2.05, 4.69) is 16.8 Å². The summed E-state index contributed by atoms with van der Waals surface area (Å²) in [6.07, 6.45) is -0.356. The summed E-state index contributed by atoms with van der Waals surface area (Å²) in [4.78, 5) is 17.5. The highest BCUT2D eigenvalue weighted by Gasteiger charge is 2.32. The molecule has 9 nitrogen and oxygen atoms in total. The molecule has 2 aromatic heterocycles. The highest BCUT2D eigenvalue weighted by Crippen LogP contribution is 2.39. The summed E-state index contributed by atoms with van der Waals surface area (Å²) >= 11 is 6.90. The van der Waals surface area contributed by atoms with Crippen LogP contribution in [-0.2, 0) is 5.41 Å². The van der Waals surface area contributed by atoms with E-state index in [0.29, 0.717) is 63.9 Å². The summed E-state index contributed by atoms with van der Waals surface area (Å²) < 4.78 is 12.4. The van der Waals surface area contributed by atoms with Crippen LogP contribution in [0.15, 0.2) is 18.2 Å². The van der Waals surface area contributed by atoms with E-state index in [1.807, 2.05) is 20.8 Å². The lowest BCUT2D eigenvalue weighted by Gasteiger charge is -2.21. The number of anilines is 1. The van der Waals surface area contributed by atoms with Crippen LogP contribution in [0.25, 0.3) is 10.9 Å². The summed E-state index contributed by atoms with van der Waals surface area (Å²) in [6.45, 7) is 6.73. The number of fused-ring (bicyclic) bond motifs is 1. The van der Waals surface area contributed by atoms with Gasteiger partial charge < -0.3 is 25.2 Å². The average molecular weight is 498 g/mol. The lowest BCUT2D eigenvalue weighted by molar-refractivity contribution is 0.154. The quantitative estimate of drug-likeness (QED) is 0.518. The zero-order valence-electron chi connectivity index (χ0n) is 20.3. The van der Waals surface area contributed by atoms with E-state index < -0.39 is 6.09 Å². The van der Waals surface area contributed by atoms with Crippen molar-refractivity contribution in [3.63, 3.8) is 0 Å². The summed E-state index contributed by atoms with van der Waals surface area (Å²) in [7, 11) is 3.15. The van der Waals surface area contributed by atoms with Gasteiger partial charge in [-0.3, -0.25) is 4.68 Å². The Bertz CT molecular complexity index is 1340. The number of carbonyl (C=O) groups is 1. The topological polar surface area (TPSA) is 116 Å². The third-order valence-corrected chi connectivity index (χ3v) is 6.34. The standard InChI is InChI=1S/C25H28ClN5O4/c1-25(2,3)22-20(26)21-19(23(27)28-22)18(29-31(21)15-8-9-30(13-15)24(32)33)7-6-14-10-16(34-4)12-17(11-14)35-5/h10-12,15H,8-9,13H2,1-5H3,(H2,27,28)(H,32,33)/t15-/m0/s1. The van der Waals surface area contributed by atoms with Gasteiger partial charge in [-0.05, 0) is 24.5 Å². The summed E-state index contributed by atoms with van der Waals surface area (Å²) in [5.41, 5.74) is 8.43. The van der Waals surface area contributed by atoms with Crippen molar-refractivity contribution in [1.82, 2.24) is 19.7 Å². The minimum atomic E-state index is -0.960. The Morgan fingerprint density at radius 1 is 1.20 bits per heavy atom. The fourth-order valence-electron chi connectivity index (χ4n) is 4.20. The molecular weight excluding hydrogens is 470 g/mol. The van der Waals surface area contributed by atoms with Gasteiger partial charge in [0.15, 0.2) is 0 Å². The highest BCUT2D eigenvalue weighted by atomic mass is 35.5. The van der Waals surface area contributed by atoms with Crippen molar-refractivity contribution in [2.24, 2.45) is 0 Å². The van der Waals surface area contributed by atoms with Crippen molar-refractivity contribution in [1.29, 1.82) is 0 Å². The molecule has 3 N–H and O–H groups in total. The molecule has 1 aromatic carbocycles. The third-order valence-electron chi connectivity index (χ3n) is 5.98. The van der Waals surface area contributed by atoms with Crippen molar-refractivity contribution in [2.45, 2.75) is 38.6 Å². The second-order valence-corrected chi connectivity index (χ2v) is 9.83. The van der Waals surface area contributed by atoms with Crippen molar-refractivity contribution >= 4 is 34.4 Å². The van der Waals surface area contributed by atoms with Gasteiger partial charge in [-0.1, -0.05) is 38.3 Å². The first-order valence-electron chi connectivity index (χ1n) is 11.1. The number of hydrogen-bond donors (Lipinski definition) is 2. The average Bonchev–Trinajstić information content (AvgIpc) is 3.44. The van der Waals surface area contributed by atoms with E-state index in [9.17, 15) is 9.90 Å². The first kappa shape index (κ1) is 24.5. The van der Waals surface area contributed by atoms with Crippen molar-refractivity contribution < 1.29 is 19.4 Å². The van der Waals surface area contributed by atoms with Crippen molar-refractivity contribution in [2.75, 3.05) is 33.0 Å². The zero-order chi connectivity index (χ0) is 25.5. The van der Waals surface area contributed by atoms with Gasteiger partial charge in [0.2, 0.25) is 0 Å². The molecule has 0 saturated carbocycles. The van der Waals surface area contributed by atoms with Gasteiger partial charge in [0, 0.05) is 30.1 Å². The molecule has 0 unspecified atom stereocenters. The maximum atomic E-state index is 11.5. The predicted octanol–water partition coefficient (Wildman–Crippen LogP) is 4.31. The number of hydrogen-bond acceptors (Lipinski definition) is 6. The van der Waals surface area contributed by atoms with Gasteiger partial charge in [-0.2, -0.15) is 5.10 Å². The molecule has 4 rings (SSSR count). The van der Waals surface area contributed by atoms with Crippen molar-refractivity contribution in [3.8, 4) is 23.3 Å². The fourth-order valence-corrected chi connectivity index (χ4v) is 4.71. The molecule has 0 spiro atoms. The van der Waals surface area contributed by atoms with Crippen LogP contribution in [0.4, 0.5) is 10.6 Å². The van der Waals surface area contributed by atoms with Gasteiger partial charge in [-0.25, -0.2) is 9.78 Å². The lowest BCUT2D eigenvalue weighted by Crippen LogP contribution is -2.27. The first-order valence-corrected chi connectivity index (χ1v) is 11.5. The van der Waals surface area contributed by atoms with Gasteiger partial charge in [0.1, 0.15) is 23.0 Å². The lowest BCUT2D eigenvalue weighted by atomic mass is 9.91. The SMILES string of the molecule is COc1cc(C#Cc2nn([C@H]3CCN(C(=O)O)C3)c3c(Cl)c(C(C)(C)C)nc(N)c23)cc(OC)c1. The van der Waals surface area contributed by atoms with E-state index in [4.69, 9.17) is 31.9 Å². The zero-order valence-corrected chi connectivity index (χ0v) is 21.1. The minimum absolute atomic E-state index is 0.201. The van der Waals surface area contributed by atoms with Gasteiger partial charge in [0.05, 0.1) is 41.9 Å². The molecular formula is C25H28ClN5O4. The third kappa shape index (κ3) is 4.66. The molecule has 1 atom stereocenters. The fraction of sp³-hybridized carbons (Fsp3) is 0.400. The monoisotopic (exact) mass is 497 g/mol. The van der Waals surface area contributed by atoms with Crippen LogP contribution < -0.4 is 15.2 Å². The van der Waals surface area contributed by atoms with Crippen LogP contribution >= 0.6 is 11.6 Å². The Morgan fingerprint density at radius 3 is 2.40 bits per heavy atom. The largest absolute Gasteiger partial charge is 0.497 e. The maximum Gasteiger partial charge on any atom is 0.407 e. The summed E-state index contributed by atoms with van der Waals surface area (Å²) in [6, 6.07) is 5.15. The molecule has 0 bridgehead atoms. The number of halogens is 1. The predicted molar refractivity (Wildman–Crippen MR) is 134 cm³/mol. The Labute approximate surface area is 208 Å². The molecule has 1 aliphatic rings. The van der Waals surface area contributed by atoms with Crippen LogP contribution in [-0.4, -0.2) is 58.2 Å². The van der Waals surface area contributed by atoms with Crippen LogP contribution in [0.3, 0.4) is 0 Å². The first-order chi connectivity index (χ1) is 16.5. The number of nitrogen functional groups attached to an aromatic ring is 1. The number of rotatable bonds is 3. The molecule has 3 aromatic rings. The van der Waals surface area contributed by atoms with Gasteiger partial charge >= 0.3 is 6.09 Å². The number of amides is 1. The van der Waals surface area contributed by atoms with E-state index in [0.717, 1.165) is 0 Å². The van der Waals surface area contributed by atoms with Crippen LogP contribution in [0.2, 0.25) is 5.02 Å². The van der Waals surface area contributed by atoms with Crippen LogP contribution in [0.5, 0.6) is 11.5 Å². The number of nitrogens with two attached hydrogens (primary N) is 1. The molecule has 1 fully saturated rings. The summed E-state index contributed by atoms with van der Waals surface area (Å²) in [5, 5.41) is 15.2. The highest BCUT2D eigenvalue weighted by molar-refractivity contribution is 6.36. The molecule has 1 aliphatic heterocycles. The molecule has 1 saturated heterocycles. The smallest absolute Gasteiger partial charge is 0.407 e. The molecule has 0 aliphatic carbocycles. The minimum Gasteiger partial charge on any atom is -0.497 e. The number of likely N-dealkylation sites (tertiary alicyclic amines) is 1. The number of carboxylic acid groups (broad SMARTS) is 1. The second-order valence-electron chi connectivity index (χ2n) is 9.45. The molecule has 10 heteroatoms. The molecule has 0 radical (unpaired) electrons. The molecule has 3 heterocycles. The molecule has 35 heavy (non-hydrogen) atoms. The number of pyridine rings is 1. The van der Waals surface area contributed by atoms with Crippen LogP contribution in [0, 0.1) is 11.8 Å². The van der Waals surface area contributed by atoms with E-state index in [1.54, 1.807) is 37.1 Å². The number of benzene rings is 1. The Balaban J connectivity index is 1.91. The van der Waals surface area contributed by atoms with E-state index >= 15 is 0 Å². The Kier molecular flexibility index (Phi) is 6.43. The number of methoxy groups -OCH3 is 2. The Hall–Kier alpha value is -3.64. The Morgan fingerprint density at radius 2 is 1.86 bits per heavy atom. The summed E-state index contributed by atoms with van der Waals surface area (Å²) in [5.74, 6) is 7.72. The molecule has 184 valence electrons. The van der Waals surface area contributed by atoms with E-state index in [1.165, 1.54) is 4.90 Å². The normalized spacial score (nSPS) is 15.7. The number of aromatic nitrogens is 3. The maximum absolute atomic E-state index is 11.5. The van der Waals surface area contributed by atoms with Crippen LogP contribution in [0.1, 0.15) is 50.2 Å². The molecule has 1 amide bonds. The van der Waals surface area contributed by atoms with E-state index in [-0.39, 0.29) is 17.3 Å².